The van der Waals surface area contributed by atoms with E-state index in [0.717, 1.165) is 43.7 Å². The molecule has 4 rings (SSSR count). The maximum atomic E-state index is 13.2. The van der Waals surface area contributed by atoms with E-state index in [1.54, 1.807) is 37.4 Å². The van der Waals surface area contributed by atoms with Gasteiger partial charge in [-0.2, -0.15) is 0 Å². The molecule has 154 valence electrons. The van der Waals surface area contributed by atoms with E-state index in [0.29, 0.717) is 16.3 Å². The summed E-state index contributed by atoms with van der Waals surface area (Å²) in [6.07, 6.45) is 1.50. The van der Waals surface area contributed by atoms with Gasteiger partial charge in [-0.25, -0.2) is 12.4 Å². The number of benzene rings is 2. The first kappa shape index (κ1) is 20.2. The second-order valence-electron chi connectivity index (χ2n) is 7.34. The number of ether oxygens (including phenoxy) is 1. The zero-order chi connectivity index (χ0) is 20.6. The minimum Gasteiger partial charge on any atom is -0.497 e. The first-order valence-electron chi connectivity index (χ1n) is 9.49. The van der Waals surface area contributed by atoms with Gasteiger partial charge in [-0.1, -0.05) is 23.7 Å². The fourth-order valence-corrected chi connectivity index (χ4v) is 5.46. The Morgan fingerprint density at radius 1 is 1.03 bits per heavy atom. The lowest BCUT2D eigenvalue weighted by molar-refractivity contribution is 0.148. The van der Waals surface area contributed by atoms with Gasteiger partial charge in [0.25, 0.3) is 10.0 Å². The zero-order valence-corrected chi connectivity index (χ0v) is 18.1. The molecule has 2 aromatic carbocycles. The predicted molar refractivity (Wildman–Crippen MR) is 115 cm³/mol. The van der Waals surface area contributed by atoms with Crippen LogP contribution >= 0.6 is 11.6 Å². The second kappa shape index (κ2) is 7.99. The van der Waals surface area contributed by atoms with Gasteiger partial charge in [0, 0.05) is 44.3 Å². The summed E-state index contributed by atoms with van der Waals surface area (Å²) in [6.45, 7) is 4.76. The second-order valence-corrected chi connectivity index (χ2v) is 9.57. The van der Waals surface area contributed by atoms with E-state index in [9.17, 15) is 8.42 Å². The lowest BCUT2D eigenvalue weighted by atomic mass is 10.1. The topological polar surface area (TPSA) is 54.8 Å². The van der Waals surface area contributed by atoms with Crippen LogP contribution in [0.1, 0.15) is 5.56 Å². The zero-order valence-electron chi connectivity index (χ0n) is 16.5. The molecule has 29 heavy (non-hydrogen) atoms. The summed E-state index contributed by atoms with van der Waals surface area (Å²) in [4.78, 5) is 4.87. The number of nitrogens with zero attached hydrogens (tertiary/aromatic N) is 3. The van der Waals surface area contributed by atoms with Crippen LogP contribution in [-0.4, -0.2) is 62.5 Å². The molecule has 0 N–H and O–H groups in total. The summed E-state index contributed by atoms with van der Waals surface area (Å²) in [5.41, 5.74) is 1.64. The van der Waals surface area contributed by atoms with Crippen molar-refractivity contribution in [1.29, 1.82) is 0 Å². The van der Waals surface area contributed by atoms with Gasteiger partial charge in [-0.05, 0) is 42.9 Å². The Hall–Kier alpha value is -2.06. The van der Waals surface area contributed by atoms with Crippen molar-refractivity contribution in [2.75, 3.05) is 40.3 Å². The quantitative estimate of drug-likeness (QED) is 0.618. The standard InChI is InChI=1S/C21H24ClN3O3S/c1-23-10-12-24(13-11-23)14-16-4-3-5-20-21(16)19(22)15-25(20)29(26,27)18-8-6-17(28-2)7-9-18/h3-9,15H,10-14H2,1-2H3. The summed E-state index contributed by atoms with van der Waals surface area (Å²) in [5.74, 6) is 0.605. The SMILES string of the molecule is COc1ccc(S(=O)(=O)n2cc(Cl)c3c(CN4CCN(C)CC4)cccc32)cc1. The lowest BCUT2D eigenvalue weighted by Gasteiger charge is -2.32. The van der Waals surface area contributed by atoms with Gasteiger partial charge < -0.3 is 9.64 Å². The average Bonchev–Trinajstić information content (AvgIpc) is 3.08. The van der Waals surface area contributed by atoms with Crippen molar-refractivity contribution in [3.63, 3.8) is 0 Å². The summed E-state index contributed by atoms with van der Waals surface area (Å²) in [7, 11) is -0.100. The highest BCUT2D eigenvalue weighted by molar-refractivity contribution is 7.90. The van der Waals surface area contributed by atoms with Crippen molar-refractivity contribution < 1.29 is 13.2 Å². The molecule has 3 aromatic rings. The molecule has 0 amide bonds. The maximum absolute atomic E-state index is 13.2. The molecule has 0 saturated carbocycles. The van der Waals surface area contributed by atoms with E-state index in [4.69, 9.17) is 16.3 Å². The van der Waals surface area contributed by atoms with Crippen molar-refractivity contribution in [3.8, 4) is 5.75 Å². The number of fused-ring (bicyclic) bond motifs is 1. The van der Waals surface area contributed by atoms with Gasteiger partial charge in [-0.15, -0.1) is 0 Å². The number of halogens is 1. The van der Waals surface area contributed by atoms with Gasteiger partial charge in [-0.3, -0.25) is 4.90 Å². The third-order valence-corrected chi connectivity index (χ3v) is 7.42. The number of methoxy groups -OCH3 is 1. The molecule has 2 heterocycles. The maximum Gasteiger partial charge on any atom is 0.268 e. The van der Waals surface area contributed by atoms with E-state index >= 15 is 0 Å². The highest BCUT2D eigenvalue weighted by Crippen LogP contribution is 2.33. The third-order valence-electron chi connectivity index (χ3n) is 5.44. The fraction of sp³-hybridized carbons (Fsp3) is 0.333. The summed E-state index contributed by atoms with van der Waals surface area (Å²) < 4.78 is 32.9. The Bertz CT molecular complexity index is 1120. The van der Waals surface area contributed by atoms with Gasteiger partial charge in [0.05, 0.1) is 22.5 Å². The number of aromatic nitrogens is 1. The molecule has 0 bridgehead atoms. The number of hydrogen-bond donors (Lipinski definition) is 0. The van der Waals surface area contributed by atoms with Crippen LogP contribution in [0, 0.1) is 0 Å². The molecule has 8 heteroatoms. The minimum atomic E-state index is -3.77. The number of likely N-dealkylation sites (N-methyl/N-ethyl adjacent to an activating group) is 1. The molecule has 0 radical (unpaired) electrons. The van der Waals surface area contributed by atoms with E-state index in [1.165, 1.54) is 10.2 Å². The Kier molecular flexibility index (Phi) is 5.57. The van der Waals surface area contributed by atoms with Gasteiger partial charge in [0.15, 0.2) is 0 Å². The molecule has 1 aliphatic heterocycles. The van der Waals surface area contributed by atoms with Crippen molar-refractivity contribution in [1.82, 2.24) is 13.8 Å². The first-order valence-corrected chi connectivity index (χ1v) is 11.3. The smallest absolute Gasteiger partial charge is 0.268 e. The Labute approximate surface area is 176 Å². The Morgan fingerprint density at radius 2 is 1.72 bits per heavy atom. The monoisotopic (exact) mass is 433 g/mol. The molecule has 0 aliphatic carbocycles. The van der Waals surface area contributed by atoms with Gasteiger partial charge in [0.1, 0.15) is 5.75 Å². The normalized spacial score (nSPS) is 16.4. The van der Waals surface area contributed by atoms with Crippen molar-refractivity contribution in [2.24, 2.45) is 0 Å². The molecule has 0 unspecified atom stereocenters. The largest absolute Gasteiger partial charge is 0.497 e. The first-order chi connectivity index (χ1) is 13.9. The summed E-state index contributed by atoms with van der Waals surface area (Å²) in [5, 5.41) is 1.24. The van der Waals surface area contributed by atoms with E-state index < -0.39 is 10.0 Å². The molecule has 1 aliphatic rings. The van der Waals surface area contributed by atoms with Crippen molar-refractivity contribution in [3.05, 3.63) is 59.2 Å². The van der Waals surface area contributed by atoms with Crippen LogP contribution < -0.4 is 4.74 Å². The molecular weight excluding hydrogens is 410 g/mol. The Morgan fingerprint density at radius 3 is 2.38 bits per heavy atom. The highest BCUT2D eigenvalue weighted by atomic mass is 35.5. The Balaban J connectivity index is 1.73. The molecule has 1 saturated heterocycles. The highest BCUT2D eigenvalue weighted by Gasteiger charge is 2.23. The van der Waals surface area contributed by atoms with Crippen LogP contribution in [0.15, 0.2) is 53.6 Å². The van der Waals surface area contributed by atoms with Crippen molar-refractivity contribution >= 4 is 32.5 Å². The van der Waals surface area contributed by atoms with Crippen LogP contribution in [-0.2, 0) is 16.6 Å². The number of rotatable bonds is 5. The number of hydrogen-bond acceptors (Lipinski definition) is 5. The van der Waals surface area contributed by atoms with E-state index in [1.807, 2.05) is 12.1 Å². The molecule has 6 nitrogen and oxygen atoms in total. The number of piperazine rings is 1. The molecule has 1 fully saturated rings. The van der Waals surface area contributed by atoms with Crippen molar-refractivity contribution in [2.45, 2.75) is 11.4 Å². The van der Waals surface area contributed by atoms with Crippen LogP contribution in [0.2, 0.25) is 5.02 Å². The predicted octanol–water partition coefficient (Wildman–Crippen LogP) is 3.29. The fourth-order valence-electron chi connectivity index (χ4n) is 3.72. The average molecular weight is 434 g/mol. The molecule has 0 atom stereocenters. The van der Waals surface area contributed by atoms with Gasteiger partial charge in [0.2, 0.25) is 0 Å². The third kappa shape index (κ3) is 3.88. The van der Waals surface area contributed by atoms with E-state index in [-0.39, 0.29) is 4.90 Å². The minimum absolute atomic E-state index is 0.191. The van der Waals surface area contributed by atoms with Crippen LogP contribution in [0.3, 0.4) is 0 Å². The summed E-state index contributed by atoms with van der Waals surface area (Å²) in [6, 6.07) is 12.1. The van der Waals surface area contributed by atoms with Crippen LogP contribution in [0.4, 0.5) is 0 Å². The summed E-state index contributed by atoms with van der Waals surface area (Å²) >= 11 is 6.53. The molecular formula is C21H24ClN3O3S. The van der Waals surface area contributed by atoms with Crippen LogP contribution in [0.5, 0.6) is 5.75 Å². The van der Waals surface area contributed by atoms with Crippen LogP contribution in [0.25, 0.3) is 10.9 Å². The molecule has 0 spiro atoms. The van der Waals surface area contributed by atoms with Gasteiger partial charge >= 0.3 is 0 Å². The lowest BCUT2D eigenvalue weighted by Crippen LogP contribution is -2.43. The molecule has 1 aromatic heterocycles. The van der Waals surface area contributed by atoms with E-state index in [2.05, 4.69) is 16.8 Å².